The van der Waals surface area contributed by atoms with Crippen molar-refractivity contribution in [2.45, 2.75) is 6.54 Å². The Bertz CT molecular complexity index is 454. The first kappa shape index (κ1) is 13.0. The van der Waals surface area contributed by atoms with E-state index in [1.807, 2.05) is 48.4 Å². The molecule has 0 fully saturated rings. The lowest BCUT2D eigenvalue weighted by atomic mass is 10.3. The first-order valence-electron chi connectivity index (χ1n) is 4.73. The second-order valence-corrected chi connectivity index (χ2v) is 3.74. The summed E-state index contributed by atoms with van der Waals surface area (Å²) in [5.41, 5.74) is 2.13. The molecule has 0 aliphatic heterocycles. The first-order chi connectivity index (χ1) is 7.29. The van der Waals surface area contributed by atoms with Gasteiger partial charge in [-0.15, -0.1) is 12.4 Å². The van der Waals surface area contributed by atoms with Gasteiger partial charge in [-0.2, -0.15) is 5.10 Å². The Hall–Kier alpha value is -1.03. The van der Waals surface area contributed by atoms with E-state index in [0.717, 1.165) is 22.8 Å². The molecule has 0 amide bonds. The highest BCUT2D eigenvalue weighted by Crippen LogP contribution is 2.14. The van der Waals surface area contributed by atoms with Gasteiger partial charge in [-0.3, -0.25) is 0 Å². The molecule has 1 heterocycles. The summed E-state index contributed by atoms with van der Waals surface area (Å²) >= 11 is 5.91. The van der Waals surface area contributed by atoms with Gasteiger partial charge in [0.1, 0.15) is 0 Å². The fourth-order valence-corrected chi connectivity index (χ4v) is 1.60. The predicted octanol–water partition coefficient (Wildman–Crippen LogP) is 2.67. The molecule has 3 nitrogen and oxygen atoms in total. The van der Waals surface area contributed by atoms with Crippen LogP contribution < -0.4 is 5.32 Å². The molecule has 1 N–H and O–H groups in total. The van der Waals surface area contributed by atoms with Crippen LogP contribution in [0.15, 0.2) is 36.7 Å². The molecule has 2 rings (SSSR count). The Labute approximate surface area is 106 Å². The predicted molar refractivity (Wildman–Crippen MR) is 68.6 cm³/mol. The molecule has 0 saturated heterocycles. The molecule has 0 aliphatic carbocycles. The van der Waals surface area contributed by atoms with E-state index in [-0.39, 0.29) is 12.4 Å². The lowest BCUT2D eigenvalue weighted by molar-refractivity contribution is 0.816. The molecule has 1 aromatic carbocycles. The minimum atomic E-state index is 0. The molecule has 0 saturated carbocycles. The number of benzene rings is 1. The van der Waals surface area contributed by atoms with Crippen molar-refractivity contribution in [1.29, 1.82) is 0 Å². The van der Waals surface area contributed by atoms with Crippen molar-refractivity contribution >= 4 is 24.0 Å². The van der Waals surface area contributed by atoms with E-state index < -0.39 is 0 Å². The van der Waals surface area contributed by atoms with Gasteiger partial charge in [-0.25, -0.2) is 4.68 Å². The standard InChI is InChI=1S/C11H12ClN3.ClH/c1-13-6-9-7-14-15(8-9)11-4-2-3-10(12)5-11;/h2-5,7-8,13H,6H2,1H3;1H. The second-order valence-electron chi connectivity index (χ2n) is 3.30. The van der Waals surface area contributed by atoms with Crippen molar-refractivity contribution in [2.75, 3.05) is 7.05 Å². The fraction of sp³-hybridized carbons (Fsp3) is 0.182. The summed E-state index contributed by atoms with van der Waals surface area (Å²) in [7, 11) is 1.91. The molecule has 0 unspecified atom stereocenters. The van der Waals surface area contributed by atoms with Crippen molar-refractivity contribution < 1.29 is 0 Å². The SMILES string of the molecule is CNCc1cnn(-c2cccc(Cl)c2)c1.Cl. The Kier molecular flexibility index (Phi) is 4.80. The number of nitrogens with zero attached hydrogens (tertiary/aromatic N) is 2. The van der Waals surface area contributed by atoms with E-state index in [1.165, 1.54) is 0 Å². The summed E-state index contributed by atoms with van der Waals surface area (Å²) in [4.78, 5) is 0. The van der Waals surface area contributed by atoms with E-state index in [1.54, 1.807) is 0 Å². The molecule has 0 bridgehead atoms. The van der Waals surface area contributed by atoms with Crippen LogP contribution in [0.3, 0.4) is 0 Å². The molecular formula is C11H13Cl2N3. The van der Waals surface area contributed by atoms with Gasteiger partial charge in [-0.05, 0) is 25.2 Å². The van der Waals surface area contributed by atoms with Gasteiger partial charge in [0.25, 0.3) is 0 Å². The van der Waals surface area contributed by atoms with Gasteiger partial charge in [0.05, 0.1) is 11.9 Å². The van der Waals surface area contributed by atoms with Crippen LogP contribution in [0, 0.1) is 0 Å². The Morgan fingerprint density at radius 1 is 1.44 bits per heavy atom. The average Bonchev–Trinajstić information content (AvgIpc) is 2.67. The van der Waals surface area contributed by atoms with Crippen LogP contribution in [-0.4, -0.2) is 16.8 Å². The van der Waals surface area contributed by atoms with Crippen LogP contribution in [0.5, 0.6) is 0 Å². The molecule has 86 valence electrons. The minimum absolute atomic E-state index is 0. The highest BCUT2D eigenvalue weighted by atomic mass is 35.5. The van der Waals surface area contributed by atoms with Crippen molar-refractivity contribution in [1.82, 2.24) is 15.1 Å². The maximum absolute atomic E-state index is 5.91. The molecule has 16 heavy (non-hydrogen) atoms. The van der Waals surface area contributed by atoms with Crippen molar-refractivity contribution in [2.24, 2.45) is 0 Å². The Morgan fingerprint density at radius 2 is 2.25 bits per heavy atom. The number of hydrogen-bond donors (Lipinski definition) is 1. The van der Waals surface area contributed by atoms with Gasteiger partial charge >= 0.3 is 0 Å². The van der Waals surface area contributed by atoms with E-state index in [2.05, 4.69) is 10.4 Å². The van der Waals surface area contributed by atoms with E-state index in [4.69, 9.17) is 11.6 Å². The highest BCUT2D eigenvalue weighted by Gasteiger charge is 2.00. The number of hydrogen-bond acceptors (Lipinski definition) is 2. The Balaban J connectivity index is 0.00000128. The number of nitrogens with one attached hydrogen (secondary N) is 1. The number of halogens is 2. The zero-order valence-corrected chi connectivity index (χ0v) is 10.4. The summed E-state index contributed by atoms with van der Waals surface area (Å²) in [6, 6.07) is 7.62. The summed E-state index contributed by atoms with van der Waals surface area (Å²) in [6.07, 6.45) is 3.83. The third-order valence-electron chi connectivity index (χ3n) is 2.09. The highest BCUT2D eigenvalue weighted by molar-refractivity contribution is 6.30. The van der Waals surface area contributed by atoms with Crippen LogP contribution in [0.25, 0.3) is 5.69 Å². The van der Waals surface area contributed by atoms with E-state index in [0.29, 0.717) is 0 Å². The maximum atomic E-state index is 5.91. The summed E-state index contributed by atoms with van der Waals surface area (Å²) < 4.78 is 1.82. The van der Waals surface area contributed by atoms with Crippen LogP contribution in [0.2, 0.25) is 5.02 Å². The van der Waals surface area contributed by atoms with Gasteiger partial charge < -0.3 is 5.32 Å². The van der Waals surface area contributed by atoms with Crippen molar-refractivity contribution in [3.63, 3.8) is 0 Å². The smallest absolute Gasteiger partial charge is 0.0660 e. The van der Waals surface area contributed by atoms with Gasteiger partial charge in [0.15, 0.2) is 0 Å². The van der Waals surface area contributed by atoms with Gasteiger partial charge in [0, 0.05) is 23.3 Å². The Morgan fingerprint density at radius 3 is 2.94 bits per heavy atom. The maximum Gasteiger partial charge on any atom is 0.0660 e. The molecule has 0 radical (unpaired) electrons. The monoisotopic (exact) mass is 257 g/mol. The molecule has 0 atom stereocenters. The molecular weight excluding hydrogens is 245 g/mol. The third-order valence-corrected chi connectivity index (χ3v) is 2.32. The van der Waals surface area contributed by atoms with E-state index >= 15 is 0 Å². The number of rotatable bonds is 3. The quantitative estimate of drug-likeness (QED) is 0.917. The molecule has 0 aliphatic rings. The molecule has 1 aromatic heterocycles. The van der Waals surface area contributed by atoms with Gasteiger partial charge in [0.2, 0.25) is 0 Å². The summed E-state index contributed by atoms with van der Waals surface area (Å²) in [5, 5.41) is 8.07. The molecule has 5 heteroatoms. The van der Waals surface area contributed by atoms with Crippen molar-refractivity contribution in [3.05, 3.63) is 47.2 Å². The summed E-state index contributed by atoms with van der Waals surface area (Å²) in [5.74, 6) is 0. The minimum Gasteiger partial charge on any atom is -0.316 e. The zero-order valence-electron chi connectivity index (χ0n) is 8.85. The van der Waals surface area contributed by atoms with Crippen molar-refractivity contribution in [3.8, 4) is 5.69 Å². The van der Waals surface area contributed by atoms with E-state index in [9.17, 15) is 0 Å². The largest absolute Gasteiger partial charge is 0.316 e. The van der Waals surface area contributed by atoms with Crippen LogP contribution in [0.1, 0.15) is 5.56 Å². The van der Waals surface area contributed by atoms with Crippen LogP contribution in [-0.2, 0) is 6.54 Å². The summed E-state index contributed by atoms with van der Waals surface area (Å²) in [6.45, 7) is 0.820. The zero-order chi connectivity index (χ0) is 10.7. The average molecular weight is 258 g/mol. The molecule has 2 aromatic rings. The fourth-order valence-electron chi connectivity index (χ4n) is 1.42. The normalized spacial score (nSPS) is 9.88. The lowest BCUT2D eigenvalue weighted by Gasteiger charge is -2.00. The topological polar surface area (TPSA) is 29.9 Å². The number of aromatic nitrogens is 2. The second kappa shape index (κ2) is 5.89. The first-order valence-corrected chi connectivity index (χ1v) is 5.11. The lowest BCUT2D eigenvalue weighted by Crippen LogP contribution is -2.03. The third kappa shape index (κ3) is 2.98. The van der Waals surface area contributed by atoms with Crippen LogP contribution in [0.4, 0.5) is 0 Å². The van der Waals surface area contributed by atoms with Crippen LogP contribution >= 0.6 is 24.0 Å². The van der Waals surface area contributed by atoms with Gasteiger partial charge in [-0.1, -0.05) is 17.7 Å². The molecule has 0 spiro atoms.